The first-order valence-corrected chi connectivity index (χ1v) is 11.0. The molecule has 4 rings (SSSR count). The number of amides is 1. The lowest BCUT2D eigenvalue weighted by molar-refractivity contribution is -0.113. The molecule has 2 heterocycles. The Hall–Kier alpha value is -2.64. The maximum absolute atomic E-state index is 12.5. The third-order valence-electron chi connectivity index (χ3n) is 4.87. The van der Waals surface area contributed by atoms with Crippen LogP contribution in [0.4, 0.5) is 5.82 Å². The predicted octanol–water partition coefficient (Wildman–Crippen LogP) is 5.02. The van der Waals surface area contributed by atoms with E-state index in [0.717, 1.165) is 22.5 Å². The first-order chi connectivity index (χ1) is 14.5. The molecule has 0 fully saturated rings. The Bertz CT molecular complexity index is 1080. The molecule has 0 aliphatic carbocycles. The second-order valence-electron chi connectivity index (χ2n) is 6.82. The number of ether oxygens (including phenoxy) is 2. The first-order valence-electron chi connectivity index (χ1n) is 9.59. The van der Waals surface area contributed by atoms with Crippen LogP contribution in [-0.2, 0) is 4.79 Å². The average Bonchev–Trinajstić information content (AvgIpc) is 2.94. The van der Waals surface area contributed by atoms with E-state index in [9.17, 15) is 4.79 Å². The molecule has 1 amide bonds. The van der Waals surface area contributed by atoms with Crippen molar-refractivity contribution in [2.75, 3.05) is 24.8 Å². The van der Waals surface area contributed by atoms with Crippen LogP contribution >= 0.6 is 23.4 Å². The van der Waals surface area contributed by atoms with Crippen molar-refractivity contribution in [1.29, 1.82) is 0 Å². The van der Waals surface area contributed by atoms with Crippen molar-refractivity contribution in [3.05, 3.63) is 64.3 Å². The Morgan fingerprint density at radius 3 is 2.70 bits per heavy atom. The van der Waals surface area contributed by atoms with Crippen molar-refractivity contribution in [1.82, 2.24) is 9.78 Å². The first kappa shape index (κ1) is 20.6. The van der Waals surface area contributed by atoms with E-state index in [0.29, 0.717) is 34.7 Å². The molecule has 0 bridgehead atoms. The number of thioether (sulfide) groups is 1. The SMILES string of the molecule is CCOc1ccc([C@H]2SCC(=O)Nc3c2c(C)nn3-c2ccc(Cl)cc2)cc1OC. The number of carbonyl (C=O) groups excluding carboxylic acids is 1. The van der Waals surface area contributed by atoms with Gasteiger partial charge in [0.2, 0.25) is 5.91 Å². The van der Waals surface area contributed by atoms with Gasteiger partial charge in [0.1, 0.15) is 5.82 Å². The van der Waals surface area contributed by atoms with Gasteiger partial charge in [-0.2, -0.15) is 5.10 Å². The summed E-state index contributed by atoms with van der Waals surface area (Å²) in [4.78, 5) is 12.5. The molecule has 3 aromatic rings. The quantitative estimate of drug-likeness (QED) is 0.600. The average molecular weight is 444 g/mol. The third-order valence-corrected chi connectivity index (χ3v) is 6.39. The Morgan fingerprint density at radius 2 is 2.00 bits per heavy atom. The maximum Gasteiger partial charge on any atom is 0.235 e. The largest absolute Gasteiger partial charge is 0.493 e. The monoisotopic (exact) mass is 443 g/mol. The van der Waals surface area contributed by atoms with Crippen molar-refractivity contribution >= 4 is 35.1 Å². The fourth-order valence-corrected chi connectivity index (χ4v) is 4.84. The van der Waals surface area contributed by atoms with E-state index in [1.807, 2.05) is 56.3 Å². The van der Waals surface area contributed by atoms with E-state index in [1.54, 1.807) is 23.6 Å². The van der Waals surface area contributed by atoms with Gasteiger partial charge in [-0.25, -0.2) is 4.68 Å². The molecule has 1 aromatic heterocycles. The fraction of sp³-hybridized carbons (Fsp3) is 0.273. The molecule has 0 saturated carbocycles. The zero-order valence-corrected chi connectivity index (χ0v) is 18.5. The number of methoxy groups -OCH3 is 1. The van der Waals surface area contributed by atoms with Crippen molar-refractivity contribution in [3.8, 4) is 17.2 Å². The number of aryl methyl sites for hydroxylation is 1. The number of hydrogen-bond acceptors (Lipinski definition) is 5. The Kier molecular flexibility index (Phi) is 5.92. The van der Waals surface area contributed by atoms with Gasteiger partial charge in [-0.05, 0) is 55.8 Å². The molecule has 156 valence electrons. The molecule has 1 atom stereocenters. The van der Waals surface area contributed by atoms with Crippen LogP contribution in [0.3, 0.4) is 0 Å². The second kappa shape index (κ2) is 8.62. The topological polar surface area (TPSA) is 65.4 Å². The van der Waals surface area contributed by atoms with Crippen LogP contribution in [-0.4, -0.2) is 35.2 Å². The van der Waals surface area contributed by atoms with Crippen molar-refractivity contribution < 1.29 is 14.3 Å². The van der Waals surface area contributed by atoms with E-state index in [-0.39, 0.29) is 11.2 Å². The van der Waals surface area contributed by atoms with Crippen LogP contribution < -0.4 is 14.8 Å². The van der Waals surface area contributed by atoms with Crippen LogP contribution in [0.15, 0.2) is 42.5 Å². The van der Waals surface area contributed by atoms with Crippen LogP contribution in [0.5, 0.6) is 11.5 Å². The zero-order valence-electron chi connectivity index (χ0n) is 16.9. The van der Waals surface area contributed by atoms with Gasteiger partial charge in [-0.1, -0.05) is 17.7 Å². The summed E-state index contributed by atoms with van der Waals surface area (Å²) in [6.07, 6.45) is 0. The molecule has 0 saturated heterocycles. The molecule has 1 N–H and O–H groups in total. The molecular weight excluding hydrogens is 422 g/mol. The van der Waals surface area contributed by atoms with Crippen LogP contribution in [0, 0.1) is 6.92 Å². The molecular formula is C22H22ClN3O3S. The molecule has 0 radical (unpaired) electrons. The summed E-state index contributed by atoms with van der Waals surface area (Å²) in [5.74, 6) is 2.34. The third kappa shape index (κ3) is 3.87. The summed E-state index contributed by atoms with van der Waals surface area (Å²) in [5.41, 5.74) is 3.69. The van der Waals surface area contributed by atoms with Gasteiger partial charge in [0.25, 0.3) is 0 Å². The number of halogens is 1. The summed E-state index contributed by atoms with van der Waals surface area (Å²) in [6.45, 7) is 4.46. The van der Waals surface area contributed by atoms with Crippen molar-refractivity contribution in [3.63, 3.8) is 0 Å². The highest BCUT2D eigenvalue weighted by atomic mass is 35.5. The van der Waals surface area contributed by atoms with Gasteiger partial charge in [-0.3, -0.25) is 4.79 Å². The summed E-state index contributed by atoms with van der Waals surface area (Å²) >= 11 is 7.61. The van der Waals surface area contributed by atoms with E-state index in [1.165, 1.54) is 0 Å². The number of carbonyl (C=O) groups is 1. The van der Waals surface area contributed by atoms with Gasteiger partial charge in [0, 0.05) is 10.6 Å². The smallest absolute Gasteiger partial charge is 0.235 e. The second-order valence-corrected chi connectivity index (χ2v) is 8.35. The lowest BCUT2D eigenvalue weighted by atomic mass is 10.0. The number of benzene rings is 2. The number of nitrogens with one attached hydrogen (secondary N) is 1. The number of rotatable bonds is 5. The van der Waals surface area contributed by atoms with Gasteiger partial charge in [0.05, 0.1) is 36.1 Å². The highest BCUT2D eigenvalue weighted by Crippen LogP contribution is 2.45. The standard InChI is InChI=1S/C22H22ClN3O3S/c1-4-29-17-10-5-14(11-18(17)28-3)21-20-13(2)25-26(16-8-6-15(23)7-9-16)22(20)24-19(27)12-30-21/h5-11,21H,4,12H2,1-3H3,(H,24,27)/t21-/m1/s1. The molecule has 8 heteroatoms. The lowest BCUT2D eigenvalue weighted by Crippen LogP contribution is -2.15. The summed E-state index contributed by atoms with van der Waals surface area (Å²) < 4.78 is 13.0. The number of aromatic nitrogens is 2. The van der Waals surface area contributed by atoms with Gasteiger partial charge in [0.15, 0.2) is 11.5 Å². The highest BCUT2D eigenvalue weighted by Gasteiger charge is 2.31. The minimum Gasteiger partial charge on any atom is -0.493 e. The highest BCUT2D eigenvalue weighted by molar-refractivity contribution is 8.00. The summed E-state index contributed by atoms with van der Waals surface area (Å²) in [5, 5.41) is 8.33. The number of anilines is 1. The van der Waals surface area contributed by atoms with Gasteiger partial charge in [-0.15, -0.1) is 11.8 Å². The Labute approximate surface area is 184 Å². The Morgan fingerprint density at radius 1 is 1.23 bits per heavy atom. The summed E-state index contributed by atoms with van der Waals surface area (Å²) in [6, 6.07) is 13.3. The van der Waals surface area contributed by atoms with E-state index >= 15 is 0 Å². The molecule has 0 unspecified atom stereocenters. The Balaban J connectivity index is 1.83. The number of fused-ring (bicyclic) bond motifs is 1. The van der Waals surface area contributed by atoms with Gasteiger partial charge >= 0.3 is 0 Å². The minimum absolute atomic E-state index is 0.0586. The number of hydrogen-bond donors (Lipinski definition) is 1. The molecule has 2 aromatic carbocycles. The predicted molar refractivity (Wildman–Crippen MR) is 120 cm³/mol. The number of nitrogens with zero attached hydrogens (tertiary/aromatic N) is 2. The fourth-order valence-electron chi connectivity index (χ4n) is 3.54. The van der Waals surface area contributed by atoms with E-state index < -0.39 is 0 Å². The minimum atomic E-state index is -0.0791. The van der Waals surface area contributed by atoms with Crippen LogP contribution in [0.1, 0.15) is 29.0 Å². The normalized spacial score (nSPS) is 15.9. The molecule has 1 aliphatic heterocycles. The van der Waals surface area contributed by atoms with Crippen molar-refractivity contribution in [2.24, 2.45) is 0 Å². The molecule has 30 heavy (non-hydrogen) atoms. The van der Waals surface area contributed by atoms with Crippen LogP contribution in [0.25, 0.3) is 5.69 Å². The van der Waals surface area contributed by atoms with E-state index in [4.69, 9.17) is 26.2 Å². The van der Waals surface area contributed by atoms with E-state index in [2.05, 4.69) is 5.32 Å². The molecule has 6 nitrogen and oxygen atoms in total. The van der Waals surface area contributed by atoms with Gasteiger partial charge < -0.3 is 14.8 Å². The zero-order chi connectivity index (χ0) is 21.3. The van der Waals surface area contributed by atoms with Crippen LogP contribution in [0.2, 0.25) is 5.02 Å². The molecule has 0 spiro atoms. The maximum atomic E-state index is 12.5. The molecule has 1 aliphatic rings. The lowest BCUT2D eigenvalue weighted by Gasteiger charge is -2.18. The summed E-state index contributed by atoms with van der Waals surface area (Å²) in [7, 11) is 1.63. The van der Waals surface area contributed by atoms with Crippen molar-refractivity contribution in [2.45, 2.75) is 19.1 Å².